The maximum atomic E-state index is 10.6. The third kappa shape index (κ3) is 5.50. The van der Waals surface area contributed by atoms with Crippen LogP contribution in [0, 0.1) is 0 Å². The molecule has 0 bridgehead atoms. The third-order valence-corrected chi connectivity index (χ3v) is 5.41. The molecular weight excluding hydrogens is 411 g/mol. The summed E-state index contributed by atoms with van der Waals surface area (Å²) in [5.74, 6) is 1.41. The Balaban J connectivity index is 0.00000240. The fraction of sp³-hybridized carbons (Fsp3) is 0.409. The van der Waals surface area contributed by atoms with Crippen LogP contribution in [-0.4, -0.2) is 40.6 Å². The summed E-state index contributed by atoms with van der Waals surface area (Å²) in [5, 5.41) is 11.3. The Labute approximate surface area is 182 Å². The van der Waals surface area contributed by atoms with Gasteiger partial charge < -0.3 is 19.1 Å². The Morgan fingerprint density at radius 1 is 1.14 bits per heavy atom. The molecule has 0 radical (unpaired) electrons. The number of aromatic nitrogens is 2. The lowest BCUT2D eigenvalue weighted by molar-refractivity contribution is 0.0199. The fourth-order valence-electron chi connectivity index (χ4n) is 3.71. The van der Waals surface area contributed by atoms with Crippen molar-refractivity contribution in [2.45, 2.75) is 38.0 Å². The van der Waals surface area contributed by atoms with Crippen LogP contribution in [0.4, 0.5) is 0 Å². The van der Waals surface area contributed by atoms with E-state index in [2.05, 4.69) is 10.6 Å². The second kappa shape index (κ2) is 10.4. The van der Waals surface area contributed by atoms with E-state index in [4.69, 9.17) is 26.1 Å². The quantitative estimate of drug-likeness (QED) is 0.588. The number of aliphatic hydroxyl groups is 1. The summed E-state index contributed by atoms with van der Waals surface area (Å²) in [7, 11) is 0. The lowest BCUT2D eigenvalue weighted by Gasteiger charge is -2.23. The molecule has 7 heteroatoms. The Morgan fingerprint density at radius 3 is 2.62 bits per heavy atom. The molecule has 2 heterocycles. The number of benzene rings is 2. The highest BCUT2D eigenvalue weighted by atomic mass is 35.5. The van der Waals surface area contributed by atoms with Crippen LogP contribution in [-0.2, 0) is 22.6 Å². The third-order valence-electron chi connectivity index (χ3n) is 5.16. The average molecular weight is 437 g/mol. The van der Waals surface area contributed by atoms with Gasteiger partial charge in [-0.2, -0.15) is 0 Å². The highest BCUT2D eigenvalue weighted by Gasteiger charge is 2.23. The largest absolute Gasteiger partial charge is 0.389 e. The van der Waals surface area contributed by atoms with Crippen LogP contribution in [0.25, 0.3) is 11.0 Å². The number of fused-ring (bicyclic) bond motifs is 1. The lowest BCUT2D eigenvalue weighted by Crippen LogP contribution is -2.25. The van der Waals surface area contributed by atoms with Gasteiger partial charge >= 0.3 is 0 Å². The maximum Gasteiger partial charge on any atom is 0.113 e. The molecule has 1 unspecified atom stereocenters. The first kappa shape index (κ1) is 22.1. The topological polar surface area (TPSA) is 56.5 Å². The highest BCUT2D eigenvalue weighted by molar-refractivity contribution is 6.30. The number of nitrogens with zero attached hydrogens (tertiary/aromatic N) is 2. The number of hydrogen-bond donors (Lipinski definition) is 1. The molecule has 1 aliphatic heterocycles. The maximum absolute atomic E-state index is 10.6. The first-order chi connectivity index (χ1) is 13.7. The van der Waals surface area contributed by atoms with E-state index < -0.39 is 6.10 Å². The van der Waals surface area contributed by atoms with Crippen molar-refractivity contribution in [3.05, 3.63) is 64.9 Å². The SMILES string of the molecule is Cl.OC(COCc1ccc(Cl)cc1)Cn1c(C2CCOCC2)nc2ccccc21. The molecule has 1 saturated heterocycles. The van der Waals surface area contributed by atoms with Gasteiger partial charge in [0, 0.05) is 24.2 Å². The van der Waals surface area contributed by atoms with Crippen molar-refractivity contribution in [1.82, 2.24) is 9.55 Å². The molecule has 29 heavy (non-hydrogen) atoms. The zero-order chi connectivity index (χ0) is 19.3. The van der Waals surface area contributed by atoms with E-state index >= 15 is 0 Å². The Bertz CT molecular complexity index is 908. The number of hydrogen-bond acceptors (Lipinski definition) is 4. The van der Waals surface area contributed by atoms with E-state index in [1.807, 2.05) is 42.5 Å². The second-order valence-corrected chi connectivity index (χ2v) is 7.69. The number of aliphatic hydroxyl groups excluding tert-OH is 1. The van der Waals surface area contributed by atoms with Gasteiger partial charge in [0.2, 0.25) is 0 Å². The van der Waals surface area contributed by atoms with Crippen LogP contribution in [0.5, 0.6) is 0 Å². The predicted molar refractivity (Wildman–Crippen MR) is 117 cm³/mol. The van der Waals surface area contributed by atoms with Crippen molar-refractivity contribution >= 4 is 35.0 Å². The lowest BCUT2D eigenvalue weighted by atomic mass is 9.99. The summed E-state index contributed by atoms with van der Waals surface area (Å²) in [6, 6.07) is 15.6. The summed E-state index contributed by atoms with van der Waals surface area (Å²) in [5.41, 5.74) is 3.06. The molecule has 2 aromatic carbocycles. The van der Waals surface area contributed by atoms with Gasteiger partial charge in [0.1, 0.15) is 5.82 Å². The first-order valence-electron chi connectivity index (χ1n) is 9.74. The van der Waals surface area contributed by atoms with Crippen LogP contribution < -0.4 is 0 Å². The number of ether oxygens (including phenoxy) is 2. The van der Waals surface area contributed by atoms with E-state index in [0.29, 0.717) is 24.1 Å². The normalized spacial score (nSPS) is 15.9. The van der Waals surface area contributed by atoms with Crippen molar-refractivity contribution in [3.8, 4) is 0 Å². The zero-order valence-corrected chi connectivity index (χ0v) is 17.7. The fourth-order valence-corrected chi connectivity index (χ4v) is 3.84. The molecule has 156 valence electrons. The van der Waals surface area contributed by atoms with Crippen LogP contribution >= 0.6 is 24.0 Å². The molecule has 5 nitrogen and oxygen atoms in total. The smallest absolute Gasteiger partial charge is 0.113 e. The summed E-state index contributed by atoms with van der Waals surface area (Å²) in [6.07, 6.45) is 1.32. The Hall–Kier alpha value is -1.63. The van der Waals surface area contributed by atoms with Crippen LogP contribution in [0.2, 0.25) is 5.02 Å². The number of para-hydroxylation sites is 2. The van der Waals surface area contributed by atoms with Crippen molar-refractivity contribution in [3.63, 3.8) is 0 Å². The van der Waals surface area contributed by atoms with Crippen LogP contribution in [0.1, 0.15) is 30.1 Å². The Morgan fingerprint density at radius 2 is 1.86 bits per heavy atom. The van der Waals surface area contributed by atoms with Gasteiger partial charge in [-0.05, 0) is 42.7 Å². The van der Waals surface area contributed by atoms with Crippen LogP contribution in [0.15, 0.2) is 48.5 Å². The summed E-state index contributed by atoms with van der Waals surface area (Å²) in [4.78, 5) is 4.87. The van der Waals surface area contributed by atoms with Gasteiger partial charge in [-0.1, -0.05) is 35.9 Å². The van der Waals surface area contributed by atoms with E-state index in [1.54, 1.807) is 0 Å². The minimum absolute atomic E-state index is 0. The molecule has 1 N–H and O–H groups in total. The van der Waals surface area contributed by atoms with Gasteiger partial charge in [0.25, 0.3) is 0 Å². The summed E-state index contributed by atoms with van der Waals surface area (Å²) in [6.45, 7) is 2.71. The summed E-state index contributed by atoms with van der Waals surface area (Å²) < 4.78 is 13.4. The number of halogens is 2. The molecule has 0 amide bonds. The minimum atomic E-state index is -0.608. The first-order valence-corrected chi connectivity index (χ1v) is 10.1. The predicted octanol–water partition coefficient (Wildman–Crippen LogP) is 4.58. The number of rotatable bonds is 7. The van der Waals surface area contributed by atoms with Gasteiger partial charge in [0.05, 0.1) is 36.9 Å². The molecule has 4 rings (SSSR count). The monoisotopic (exact) mass is 436 g/mol. The molecule has 0 saturated carbocycles. The van der Waals surface area contributed by atoms with Gasteiger partial charge in [-0.3, -0.25) is 0 Å². The van der Waals surface area contributed by atoms with Gasteiger partial charge in [0.15, 0.2) is 0 Å². The highest BCUT2D eigenvalue weighted by Crippen LogP contribution is 2.29. The molecule has 3 aromatic rings. The van der Waals surface area contributed by atoms with E-state index in [1.165, 1.54) is 0 Å². The van der Waals surface area contributed by atoms with E-state index in [-0.39, 0.29) is 19.0 Å². The molecule has 0 aliphatic carbocycles. The molecule has 1 aromatic heterocycles. The minimum Gasteiger partial charge on any atom is -0.389 e. The van der Waals surface area contributed by atoms with Crippen molar-refractivity contribution in [2.75, 3.05) is 19.8 Å². The van der Waals surface area contributed by atoms with Gasteiger partial charge in [-0.25, -0.2) is 4.98 Å². The molecular formula is C22H26Cl2N2O3. The van der Waals surface area contributed by atoms with Crippen molar-refractivity contribution in [1.29, 1.82) is 0 Å². The molecule has 1 aliphatic rings. The van der Waals surface area contributed by atoms with Crippen molar-refractivity contribution < 1.29 is 14.6 Å². The van der Waals surface area contributed by atoms with E-state index in [0.717, 1.165) is 48.5 Å². The standard InChI is InChI=1S/C22H25ClN2O3.ClH/c23-18-7-5-16(6-8-18)14-28-15-19(26)13-25-21-4-2-1-3-20(21)24-22(25)17-9-11-27-12-10-17;/h1-8,17,19,26H,9-15H2;1H. The molecule has 1 atom stereocenters. The van der Waals surface area contributed by atoms with E-state index in [9.17, 15) is 5.11 Å². The molecule has 0 spiro atoms. The van der Waals surface area contributed by atoms with Gasteiger partial charge in [-0.15, -0.1) is 12.4 Å². The number of imidazole rings is 1. The average Bonchev–Trinajstić information content (AvgIpc) is 3.09. The Kier molecular flexibility index (Phi) is 7.92. The van der Waals surface area contributed by atoms with Crippen molar-refractivity contribution in [2.24, 2.45) is 0 Å². The second-order valence-electron chi connectivity index (χ2n) is 7.25. The van der Waals surface area contributed by atoms with Crippen LogP contribution in [0.3, 0.4) is 0 Å². The summed E-state index contributed by atoms with van der Waals surface area (Å²) >= 11 is 5.90. The molecule has 1 fully saturated rings. The zero-order valence-electron chi connectivity index (χ0n) is 16.2.